The fourth-order valence-corrected chi connectivity index (χ4v) is 11.1. The molecule has 1 heterocycles. The fourth-order valence-electron chi connectivity index (χ4n) is 11.1. The minimum Gasteiger partial charge on any atom is -0.458 e. The number of ether oxygens (including phenoxy) is 3. The third-order valence-corrected chi connectivity index (χ3v) is 12.4. The summed E-state index contributed by atoms with van der Waals surface area (Å²) < 4.78 is 19.2. The highest BCUT2D eigenvalue weighted by Gasteiger charge is 2.83. The zero-order chi connectivity index (χ0) is 24.8. The van der Waals surface area contributed by atoms with E-state index >= 15 is 0 Å². The Bertz CT molecular complexity index is 932. The molecule has 5 saturated carbocycles. The average molecular weight is 483 g/mol. The molecule has 4 nitrogen and oxygen atoms in total. The van der Waals surface area contributed by atoms with Gasteiger partial charge in [-0.3, -0.25) is 4.79 Å². The zero-order valence-corrected chi connectivity index (χ0v) is 22.6. The molecule has 6 aliphatic rings. The minimum absolute atomic E-state index is 0.190. The van der Waals surface area contributed by atoms with Gasteiger partial charge in [0, 0.05) is 24.7 Å². The van der Waals surface area contributed by atoms with E-state index in [0.29, 0.717) is 29.1 Å². The van der Waals surface area contributed by atoms with Gasteiger partial charge < -0.3 is 14.2 Å². The van der Waals surface area contributed by atoms with E-state index in [9.17, 15) is 4.79 Å². The number of carbonyl (C=O) groups is 1. The summed E-state index contributed by atoms with van der Waals surface area (Å²) in [4.78, 5) is 12.0. The quantitative estimate of drug-likeness (QED) is 0.323. The van der Waals surface area contributed by atoms with Crippen LogP contribution < -0.4 is 0 Å². The van der Waals surface area contributed by atoms with Gasteiger partial charge >= 0.3 is 5.97 Å². The second kappa shape index (κ2) is 7.93. The van der Waals surface area contributed by atoms with Crippen molar-refractivity contribution >= 4 is 5.97 Å². The van der Waals surface area contributed by atoms with Gasteiger partial charge in [0.15, 0.2) is 5.79 Å². The number of hydrogen-bond donors (Lipinski definition) is 0. The van der Waals surface area contributed by atoms with Gasteiger partial charge in [-0.15, -0.1) is 0 Å². The molecule has 0 aromatic carbocycles. The van der Waals surface area contributed by atoms with Crippen molar-refractivity contribution in [1.29, 1.82) is 0 Å². The first-order chi connectivity index (χ1) is 16.6. The van der Waals surface area contributed by atoms with Gasteiger partial charge in [-0.05, 0) is 98.4 Å². The SMILES string of the molecule is C=C(C)/C=C/[C@H](OC(C)=O)[C@@H](C)[C@H]1CC[C@H]2[C@@H]3CC4(OCCO4)[C@]45C[C@H]4CC[C@]5(C)[C@H]3CC[C@]12C. The van der Waals surface area contributed by atoms with E-state index in [-0.39, 0.29) is 28.7 Å². The maximum Gasteiger partial charge on any atom is 0.303 e. The number of allylic oxidation sites excluding steroid dienone is 2. The molecule has 4 heteroatoms. The molecule has 0 bridgehead atoms. The lowest BCUT2D eigenvalue weighted by Crippen LogP contribution is -2.62. The summed E-state index contributed by atoms with van der Waals surface area (Å²) in [5.41, 5.74) is 1.91. The van der Waals surface area contributed by atoms with Crippen molar-refractivity contribution in [2.45, 2.75) is 97.9 Å². The Morgan fingerprint density at radius 2 is 1.77 bits per heavy atom. The largest absolute Gasteiger partial charge is 0.458 e. The molecule has 0 aromatic heterocycles. The molecule has 5 aliphatic carbocycles. The van der Waals surface area contributed by atoms with Gasteiger partial charge in [-0.25, -0.2) is 0 Å². The second-order valence-electron chi connectivity index (χ2n) is 13.7. The van der Waals surface area contributed by atoms with E-state index in [1.807, 2.05) is 13.0 Å². The van der Waals surface area contributed by atoms with E-state index in [4.69, 9.17) is 14.2 Å². The topological polar surface area (TPSA) is 44.8 Å². The number of carbonyl (C=O) groups excluding carboxylic acids is 1. The van der Waals surface area contributed by atoms with Crippen LogP contribution in [0.1, 0.15) is 86.0 Å². The highest BCUT2D eigenvalue weighted by molar-refractivity contribution is 5.66. The monoisotopic (exact) mass is 482 g/mol. The van der Waals surface area contributed by atoms with Gasteiger partial charge in [0.05, 0.1) is 13.2 Å². The first-order valence-corrected chi connectivity index (χ1v) is 14.4. The first-order valence-electron chi connectivity index (χ1n) is 14.4. The van der Waals surface area contributed by atoms with Crippen LogP contribution in [0.3, 0.4) is 0 Å². The molecule has 6 rings (SSSR count). The van der Waals surface area contributed by atoms with Gasteiger partial charge in [-0.2, -0.15) is 0 Å². The first kappa shape index (κ1) is 24.2. The van der Waals surface area contributed by atoms with Crippen molar-refractivity contribution in [1.82, 2.24) is 0 Å². The van der Waals surface area contributed by atoms with Crippen LogP contribution in [0.2, 0.25) is 0 Å². The number of rotatable bonds is 5. The van der Waals surface area contributed by atoms with E-state index < -0.39 is 0 Å². The van der Waals surface area contributed by atoms with Gasteiger partial charge in [-0.1, -0.05) is 39.0 Å². The Morgan fingerprint density at radius 1 is 1.03 bits per heavy atom. The van der Waals surface area contributed by atoms with Crippen LogP contribution >= 0.6 is 0 Å². The highest BCUT2D eigenvalue weighted by atomic mass is 16.7. The number of esters is 1. The molecular formula is C31H46O4. The maximum atomic E-state index is 12.0. The summed E-state index contributed by atoms with van der Waals surface area (Å²) in [5, 5.41) is 0. The lowest BCUT2D eigenvalue weighted by Gasteiger charge is -2.63. The van der Waals surface area contributed by atoms with Crippen molar-refractivity contribution in [2.75, 3.05) is 13.2 Å². The van der Waals surface area contributed by atoms with Crippen molar-refractivity contribution in [3.63, 3.8) is 0 Å². The molecule has 0 radical (unpaired) electrons. The Morgan fingerprint density at radius 3 is 2.43 bits per heavy atom. The third-order valence-electron chi connectivity index (χ3n) is 12.4. The van der Waals surface area contributed by atoms with E-state index in [1.54, 1.807) is 0 Å². The molecular weight excluding hydrogens is 436 g/mol. The molecule has 1 saturated heterocycles. The number of fused-ring (bicyclic) bond motifs is 4. The molecule has 194 valence electrons. The molecule has 2 spiro atoms. The molecule has 0 aromatic rings. The van der Waals surface area contributed by atoms with Gasteiger partial charge in [0.1, 0.15) is 6.10 Å². The van der Waals surface area contributed by atoms with Crippen LogP contribution in [-0.2, 0) is 19.0 Å². The zero-order valence-electron chi connectivity index (χ0n) is 22.6. The van der Waals surface area contributed by atoms with Crippen molar-refractivity contribution in [3.8, 4) is 0 Å². The summed E-state index contributed by atoms with van der Waals surface area (Å²) in [6.07, 6.45) is 14.2. The van der Waals surface area contributed by atoms with Gasteiger partial charge in [0.25, 0.3) is 0 Å². The van der Waals surface area contributed by atoms with Crippen LogP contribution in [0.25, 0.3) is 0 Å². The Kier molecular flexibility index (Phi) is 5.49. The highest BCUT2D eigenvalue weighted by Crippen LogP contribution is 2.85. The predicted molar refractivity (Wildman–Crippen MR) is 136 cm³/mol. The molecule has 1 aliphatic heterocycles. The van der Waals surface area contributed by atoms with E-state index in [2.05, 4.69) is 33.4 Å². The maximum absolute atomic E-state index is 12.0. The molecule has 0 N–H and O–H groups in total. The molecule has 6 fully saturated rings. The predicted octanol–water partition coefficient (Wildman–Crippen LogP) is 6.70. The normalized spacial score (nSPS) is 48.7. The van der Waals surface area contributed by atoms with Crippen LogP contribution in [0.5, 0.6) is 0 Å². The van der Waals surface area contributed by atoms with Crippen molar-refractivity contribution in [3.05, 3.63) is 24.3 Å². The second-order valence-corrected chi connectivity index (χ2v) is 13.7. The average Bonchev–Trinajstić information content (AvgIpc) is 3.05. The summed E-state index contributed by atoms with van der Waals surface area (Å²) in [7, 11) is 0. The molecule has 10 atom stereocenters. The molecule has 35 heavy (non-hydrogen) atoms. The fraction of sp³-hybridized carbons (Fsp3) is 0.839. The van der Waals surface area contributed by atoms with Crippen LogP contribution in [0.15, 0.2) is 24.3 Å². The Hall–Kier alpha value is -1.13. The van der Waals surface area contributed by atoms with Crippen LogP contribution in [-0.4, -0.2) is 31.1 Å². The minimum atomic E-state index is -0.323. The Labute approximate surface area is 212 Å². The van der Waals surface area contributed by atoms with Crippen molar-refractivity contribution < 1.29 is 19.0 Å². The lowest BCUT2D eigenvalue weighted by molar-refractivity contribution is -0.294. The van der Waals surface area contributed by atoms with E-state index in [0.717, 1.165) is 37.0 Å². The molecule has 0 amide bonds. The Balaban J connectivity index is 1.30. The summed E-state index contributed by atoms with van der Waals surface area (Å²) >= 11 is 0. The summed E-state index contributed by atoms with van der Waals surface area (Å²) in [6.45, 7) is 16.6. The van der Waals surface area contributed by atoms with E-state index in [1.165, 1.54) is 51.9 Å². The summed E-state index contributed by atoms with van der Waals surface area (Å²) in [6, 6.07) is 0. The standard InChI is InChI=1S/C31H46O4/c1-19(2)7-10-27(35-21(4)32)20(3)24-8-9-25-23-18-31(33-15-16-34-31)30-17-22(30)11-14-29(30,6)26(23)12-13-28(24,25)5/h7,10,20,22-27H,1,8-9,11-18H2,2-6H3/b10-7+/t20-,22+,23-,24+,25-,26-,27-,28+,29+,30+/m0/s1. The molecule has 0 unspecified atom stereocenters. The van der Waals surface area contributed by atoms with Gasteiger partial charge in [0.2, 0.25) is 0 Å². The third kappa shape index (κ3) is 3.14. The van der Waals surface area contributed by atoms with Crippen molar-refractivity contribution in [2.24, 2.45) is 51.8 Å². The lowest BCUT2D eigenvalue weighted by atomic mass is 9.44. The van der Waals surface area contributed by atoms with Crippen LogP contribution in [0.4, 0.5) is 0 Å². The smallest absolute Gasteiger partial charge is 0.303 e. The summed E-state index contributed by atoms with van der Waals surface area (Å²) in [5.74, 6) is 3.32. The number of hydrogen-bond acceptors (Lipinski definition) is 4. The van der Waals surface area contributed by atoms with Crippen LogP contribution in [0, 0.1) is 51.8 Å².